The predicted molar refractivity (Wildman–Crippen MR) is 81.8 cm³/mol. The number of amides is 1. The lowest BCUT2D eigenvalue weighted by molar-refractivity contribution is -0.132. The van der Waals surface area contributed by atoms with Crippen molar-refractivity contribution >= 4 is 5.91 Å². The second-order valence-corrected chi connectivity index (χ2v) is 6.37. The fourth-order valence-corrected chi connectivity index (χ4v) is 3.19. The lowest BCUT2D eigenvalue weighted by Gasteiger charge is -2.39. The van der Waals surface area contributed by atoms with Crippen LogP contribution in [0.25, 0.3) is 0 Å². The Kier molecular flexibility index (Phi) is 5.81. The lowest BCUT2D eigenvalue weighted by atomic mass is 9.97. The molecule has 116 valence electrons. The predicted octanol–water partition coefficient (Wildman–Crippen LogP) is 0.223. The van der Waals surface area contributed by atoms with Gasteiger partial charge in [0.25, 0.3) is 0 Å². The molecular formula is C15H30N4O. The summed E-state index contributed by atoms with van der Waals surface area (Å²) in [6.45, 7) is 7.97. The van der Waals surface area contributed by atoms with Gasteiger partial charge in [-0.15, -0.1) is 0 Å². The summed E-state index contributed by atoms with van der Waals surface area (Å²) in [7, 11) is 4.38. The SMILES string of the molecule is CC1CC(N(C)CCC(=O)N2CCNCC2)CCN1C. The molecule has 0 aromatic rings. The molecule has 20 heavy (non-hydrogen) atoms. The number of carbonyl (C=O) groups excluding carboxylic acids is 1. The van der Waals surface area contributed by atoms with Crippen LogP contribution in [0.15, 0.2) is 0 Å². The molecule has 1 N–H and O–H groups in total. The van der Waals surface area contributed by atoms with Gasteiger partial charge in [0.1, 0.15) is 0 Å². The van der Waals surface area contributed by atoms with Gasteiger partial charge >= 0.3 is 0 Å². The Balaban J connectivity index is 1.71. The van der Waals surface area contributed by atoms with E-state index in [4.69, 9.17) is 0 Å². The average molecular weight is 282 g/mol. The zero-order chi connectivity index (χ0) is 14.5. The van der Waals surface area contributed by atoms with E-state index in [9.17, 15) is 4.79 Å². The molecule has 0 aliphatic carbocycles. The maximum Gasteiger partial charge on any atom is 0.223 e. The smallest absolute Gasteiger partial charge is 0.223 e. The molecule has 0 saturated carbocycles. The summed E-state index contributed by atoms with van der Waals surface area (Å²) < 4.78 is 0. The van der Waals surface area contributed by atoms with Crippen LogP contribution in [-0.2, 0) is 4.79 Å². The van der Waals surface area contributed by atoms with E-state index in [1.807, 2.05) is 4.90 Å². The summed E-state index contributed by atoms with van der Waals surface area (Å²) in [6.07, 6.45) is 3.10. The molecule has 5 heteroatoms. The van der Waals surface area contributed by atoms with Crippen molar-refractivity contribution in [2.75, 3.05) is 53.4 Å². The van der Waals surface area contributed by atoms with Gasteiger partial charge in [0.15, 0.2) is 0 Å². The molecule has 2 aliphatic rings. The maximum absolute atomic E-state index is 12.2. The van der Waals surface area contributed by atoms with Gasteiger partial charge in [-0.2, -0.15) is 0 Å². The third-order valence-electron chi connectivity index (χ3n) is 4.95. The van der Waals surface area contributed by atoms with Crippen molar-refractivity contribution < 1.29 is 4.79 Å². The molecule has 0 aromatic carbocycles. The van der Waals surface area contributed by atoms with Crippen molar-refractivity contribution in [3.05, 3.63) is 0 Å². The molecule has 2 rings (SSSR count). The normalized spacial score (nSPS) is 28.9. The first kappa shape index (κ1) is 15.7. The molecule has 2 saturated heterocycles. The fourth-order valence-electron chi connectivity index (χ4n) is 3.19. The number of hydrogen-bond acceptors (Lipinski definition) is 4. The number of nitrogens with one attached hydrogen (secondary N) is 1. The molecule has 2 fully saturated rings. The summed E-state index contributed by atoms with van der Waals surface area (Å²) in [5, 5.41) is 3.29. The number of piperidine rings is 1. The van der Waals surface area contributed by atoms with E-state index in [0.717, 1.165) is 32.7 Å². The maximum atomic E-state index is 12.2. The van der Waals surface area contributed by atoms with Gasteiger partial charge in [-0.05, 0) is 40.4 Å². The number of nitrogens with zero attached hydrogens (tertiary/aromatic N) is 3. The quantitative estimate of drug-likeness (QED) is 0.801. The van der Waals surface area contributed by atoms with Crippen LogP contribution in [-0.4, -0.2) is 86.1 Å². The van der Waals surface area contributed by atoms with Crippen molar-refractivity contribution in [3.8, 4) is 0 Å². The van der Waals surface area contributed by atoms with Gasteiger partial charge < -0.3 is 20.0 Å². The average Bonchev–Trinajstić information content (AvgIpc) is 2.48. The van der Waals surface area contributed by atoms with Crippen molar-refractivity contribution in [2.45, 2.75) is 38.3 Å². The van der Waals surface area contributed by atoms with Crippen LogP contribution in [0.2, 0.25) is 0 Å². The number of carbonyl (C=O) groups is 1. The van der Waals surface area contributed by atoms with E-state index in [1.165, 1.54) is 19.4 Å². The number of rotatable bonds is 4. The van der Waals surface area contributed by atoms with Gasteiger partial charge in [-0.3, -0.25) is 4.79 Å². The van der Waals surface area contributed by atoms with E-state index in [2.05, 4.69) is 36.1 Å². The van der Waals surface area contributed by atoms with E-state index in [1.54, 1.807) is 0 Å². The van der Waals surface area contributed by atoms with E-state index in [-0.39, 0.29) is 0 Å². The minimum atomic E-state index is 0.319. The van der Waals surface area contributed by atoms with Gasteiger partial charge in [0.2, 0.25) is 5.91 Å². The minimum Gasteiger partial charge on any atom is -0.340 e. The van der Waals surface area contributed by atoms with Gasteiger partial charge in [-0.1, -0.05) is 0 Å². The van der Waals surface area contributed by atoms with Crippen LogP contribution in [0.5, 0.6) is 0 Å². The molecule has 0 radical (unpaired) electrons. The molecule has 1 amide bonds. The number of piperazine rings is 1. The monoisotopic (exact) mass is 282 g/mol. The van der Waals surface area contributed by atoms with Crippen LogP contribution in [0.4, 0.5) is 0 Å². The molecule has 2 atom stereocenters. The van der Waals surface area contributed by atoms with E-state index in [0.29, 0.717) is 24.4 Å². The number of likely N-dealkylation sites (tertiary alicyclic amines) is 1. The molecule has 0 spiro atoms. The van der Waals surface area contributed by atoms with Gasteiger partial charge in [-0.25, -0.2) is 0 Å². The molecule has 0 aromatic heterocycles. The van der Waals surface area contributed by atoms with E-state index >= 15 is 0 Å². The Morgan fingerprint density at radius 2 is 2.00 bits per heavy atom. The summed E-state index contributed by atoms with van der Waals surface area (Å²) in [5.74, 6) is 0.319. The highest BCUT2D eigenvalue weighted by Crippen LogP contribution is 2.19. The molecule has 5 nitrogen and oxygen atoms in total. The molecular weight excluding hydrogens is 252 g/mol. The van der Waals surface area contributed by atoms with Crippen LogP contribution >= 0.6 is 0 Å². The first-order valence-electron chi connectivity index (χ1n) is 7.97. The largest absolute Gasteiger partial charge is 0.340 e. The molecule has 2 aliphatic heterocycles. The fraction of sp³-hybridized carbons (Fsp3) is 0.933. The Hall–Kier alpha value is -0.650. The zero-order valence-corrected chi connectivity index (χ0v) is 13.3. The lowest BCUT2D eigenvalue weighted by Crippen LogP contribution is -2.49. The van der Waals surface area contributed by atoms with E-state index < -0.39 is 0 Å². The van der Waals surface area contributed by atoms with Crippen molar-refractivity contribution in [2.24, 2.45) is 0 Å². The van der Waals surface area contributed by atoms with Crippen molar-refractivity contribution in [1.29, 1.82) is 0 Å². The summed E-state index contributed by atoms with van der Waals surface area (Å²) >= 11 is 0. The summed E-state index contributed by atoms with van der Waals surface area (Å²) in [6, 6.07) is 1.29. The topological polar surface area (TPSA) is 38.8 Å². The first-order chi connectivity index (χ1) is 9.58. The zero-order valence-electron chi connectivity index (χ0n) is 13.3. The summed E-state index contributed by atoms with van der Waals surface area (Å²) in [5.41, 5.74) is 0. The number of hydrogen-bond donors (Lipinski definition) is 1. The van der Waals surface area contributed by atoms with Gasteiger partial charge in [0, 0.05) is 51.2 Å². The first-order valence-corrected chi connectivity index (χ1v) is 7.97. The van der Waals surface area contributed by atoms with Crippen molar-refractivity contribution in [1.82, 2.24) is 20.0 Å². The Morgan fingerprint density at radius 1 is 1.30 bits per heavy atom. The molecule has 2 unspecified atom stereocenters. The third-order valence-corrected chi connectivity index (χ3v) is 4.95. The Labute approximate surface area is 123 Å². The molecule has 0 bridgehead atoms. The standard InChI is InChI=1S/C15H30N4O/c1-13-12-14(4-8-17(13)2)18(3)9-5-15(20)19-10-6-16-7-11-19/h13-14,16H,4-12H2,1-3H3. The highest BCUT2D eigenvalue weighted by molar-refractivity contribution is 5.76. The second-order valence-electron chi connectivity index (χ2n) is 6.37. The highest BCUT2D eigenvalue weighted by atomic mass is 16.2. The van der Waals surface area contributed by atoms with Crippen LogP contribution in [0, 0.1) is 0 Å². The van der Waals surface area contributed by atoms with Crippen LogP contribution in [0.3, 0.4) is 0 Å². The Morgan fingerprint density at radius 3 is 2.65 bits per heavy atom. The Bertz CT molecular complexity index is 317. The second kappa shape index (κ2) is 7.38. The van der Waals surface area contributed by atoms with Crippen molar-refractivity contribution in [3.63, 3.8) is 0 Å². The van der Waals surface area contributed by atoms with Crippen LogP contribution < -0.4 is 5.32 Å². The van der Waals surface area contributed by atoms with Gasteiger partial charge in [0.05, 0.1) is 0 Å². The minimum absolute atomic E-state index is 0.319. The third kappa shape index (κ3) is 4.17. The molecule has 2 heterocycles. The van der Waals surface area contributed by atoms with Crippen LogP contribution in [0.1, 0.15) is 26.2 Å². The summed E-state index contributed by atoms with van der Waals surface area (Å²) in [4.78, 5) is 19.0. The highest BCUT2D eigenvalue weighted by Gasteiger charge is 2.26.